The van der Waals surface area contributed by atoms with Gasteiger partial charge in [0, 0.05) is 30.4 Å². The van der Waals surface area contributed by atoms with Crippen molar-refractivity contribution in [1.29, 1.82) is 0 Å². The van der Waals surface area contributed by atoms with E-state index < -0.39 is 0 Å². The molecule has 2 N–H and O–H groups in total. The summed E-state index contributed by atoms with van der Waals surface area (Å²) in [6, 6.07) is 17.2. The maximum atomic E-state index is 12.5. The number of carbonyl (C=O) groups is 2. The standard InChI is InChI=1S/C22H27N3O2/c1-16-8-10-20(11-9-16)23-21(26)17(2)18-12-14-25(15-13-18)22(27)24-19-6-4-3-5-7-19/h3-11,17-18H,12-15H2,1-2H3,(H,23,26)(H,24,27)/t17-/m0/s1. The van der Waals surface area contributed by atoms with E-state index in [9.17, 15) is 9.59 Å². The minimum absolute atomic E-state index is 0.0473. The molecule has 0 spiro atoms. The van der Waals surface area contributed by atoms with Crippen LogP contribution in [0.2, 0.25) is 0 Å². The highest BCUT2D eigenvalue weighted by molar-refractivity contribution is 5.92. The first-order valence-electron chi connectivity index (χ1n) is 9.51. The number of anilines is 2. The molecule has 0 bridgehead atoms. The largest absolute Gasteiger partial charge is 0.326 e. The summed E-state index contributed by atoms with van der Waals surface area (Å²) in [6.45, 7) is 5.35. The Kier molecular flexibility index (Phi) is 6.12. The summed E-state index contributed by atoms with van der Waals surface area (Å²) >= 11 is 0. The number of aryl methyl sites for hydroxylation is 1. The molecular weight excluding hydrogens is 338 g/mol. The van der Waals surface area contributed by atoms with Crippen LogP contribution in [0.4, 0.5) is 16.2 Å². The van der Waals surface area contributed by atoms with E-state index in [1.165, 1.54) is 5.56 Å². The molecule has 142 valence electrons. The van der Waals surface area contributed by atoms with Gasteiger partial charge in [0.25, 0.3) is 0 Å². The first-order valence-corrected chi connectivity index (χ1v) is 9.51. The Labute approximate surface area is 160 Å². The lowest BCUT2D eigenvalue weighted by Crippen LogP contribution is -2.43. The van der Waals surface area contributed by atoms with E-state index in [0.29, 0.717) is 13.1 Å². The van der Waals surface area contributed by atoms with Crippen LogP contribution in [0.25, 0.3) is 0 Å². The third-order valence-corrected chi connectivity index (χ3v) is 5.29. The van der Waals surface area contributed by atoms with Crippen molar-refractivity contribution in [3.8, 4) is 0 Å². The molecule has 2 aromatic rings. The van der Waals surface area contributed by atoms with Crippen molar-refractivity contribution in [1.82, 2.24) is 4.90 Å². The number of amides is 3. The zero-order chi connectivity index (χ0) is 19.2. The summed E-state index contributed by atoms with van der Waals surface area (Å²) in [7, 11) is 0. The number of para-hydroxylation sites is 1. The third-order valence-electron chi connectivity index (χ3n) is 5.29. The fourth-order valence-corrected chi connectivity index (χ4v) is 3.43. The second-order valence-electron chi connectivity index (χ2n) is 7.26. The molecule has 1 atom stereocenters. The van der Waals surface area contributed by atoms with Gasteiger partial charge in [-0.15, -0.1) is 0 Å². The summed E-state index contributed by atoms with van der Waals surface area (Å²) < 4.78 is 0. The number of rotatable bonds is 4. The first kappa shape index (κ1) is 19.0. The number of hydrogen-bond acceptors (Lipinski definition) is 2. The summed E-state index contributed by atoms with van der Waals surface area (Å²) in [5.41, 5.74) is 2.80. The summed E-state index contributed by atoms with van der Waals surface area (Å²) in [5.74, 6) is 0.257. The number of likely N-dealkylation sites (tertiary alicyclic amines) is 1. The van der Waals surface area contributed by atoms with Crippen LogP contribution in [0.3, 0.4) is 0 Å². The fraction of sp³-hybridized carbons (Fsp3) is 0.364. The van der Waals surface area contributed by atoms with E-state index in [2.05, 4.69) is 10.6 Å². The molecule has 0 unspecified atom stereocenters. The van der Waals surface area contributed by atoms with Gasteiger partial charge in [0.05, 0.1) is 0 Å². The predicted octanol–water partition coefficient (Wildman–Crippen LogP) is 4.51. The van der Waals surface area contributed by atoms with Gasteiger partial charge in [-0.2, -0.15) is 0 Å². The van der Waals surface area contributed by atoms with Crippen LogP contribution in [0.1, 0.15) is 25.3 Å². The average Bonchev–Trinajstić information content (AvgIpc) is 2.70. The first-order chi connectivity index (χ1) is 13.0. The molecular formula is C22H27N3O2. The molecule has 0 saturated carbocycles. The van der Waals surface area contributed by atoms with Crippen molar-refractivity contribution >= 4 is 23.3 Å². The highest BCUT2D eigenvalue weighted by Gasteiger charge is 2.29. The number of benzene rings is 2. The van der Waals surface area contributed by atoms with Crippen LogP contribution in [0, 0.1) is 18.8 Å². The highest BCUT2D eigenvalue weighted by atomic mass is 16.2. The zero-order valence-corrected chi connectivity index (χ0v) is 15.9. The minimum atomic E-state index is -0.0781. The van der Waals surface area contributed by atoms with Crippen LogP contribution in [-0.2, 0) is 4.79 Å². The Morgan fingerprint density at radius 1 is 0.926 bits per heavy atom. The minimum Gasteiger partial charge on any atom is -0.326 e. The van der Waals surface area contributed by atoms with E-state index in [1.807, 2.05) is 73.3 Å². The monoisotopic (exact) mass is 365 g/mol. The van der Waals surface area contributed by atoms with Crippen molar-refractivity contribution in [2.45, 2.75) is 26.7 Å². The summed E-state index contributed by atoms with van der Waals surface area (Å²) in [5, 5.41) is 5.92. The van der Waals surface area contributed by atoms with Gasteiger partial charge in [-0.3, -0.25) is 4.79 Å². The Morgan fingerprint density at radius 3 is 2.15 bits per heavy atom. The van der Waals surface area contributed by atoms with Crippen LogP contribution >= 0.6 is 0 Å². The van der Waals surface area contributed by atoms with Crippen LogP contribution < -0.4 is 10.6 Å². The van der Waals surface area contributed by atoms with Crippen molar-refractivity contribution in [3.63, 3.8) is 0 Å². The van der Waals surface area contributed by atoms with E-state index in [1.54, 1.807) is 0 Å². The molecule has 3 rings (SSSR count). The zero-order valence-electron chi connectivity index (χ0n) is 15.9. The van der Waals surface area contributed by atoms with Gasteiger partial charge >= 0.3 is 6.03 Å². The Balaban J connectivity index is 1.48. The highest BCUT2D eigenvalue weighted by Crippen LogP contribution is 2.26. The number of nitrogens with one attached hydrogen (secondary N) is 2. The molecule has 0 radical (unpaired) electrons. The van der Waals surface area contributed by atoms with E-state index in [4.69, 9.17) is 0 Å². The lowest BCUT2D eigenvalue weighted by Gasteiger charge is -2.34. The van der Waals surface area contributed by atoms with Gasteiger partial charge in [-0.05, 0) is 49.9 Å². The third kappa shape index (κ3) is 5.09. The number of nitrogens with zero attached hydrogens (tertiary/aromatic N) is 1. The molecule has 2 aromatic carbocycles. The van der Waals surface area contributed by atoms with Gasteiger partial charge < -0.3 is 15.5 Å². The molecule has 27 heavy (non-hydrogen) atoms. The maximum absolute atomic E-state index is 12.5. The normalized spacial score (nSPS) is 15.9. The van der Waals surface area contributed by atoms with Crippen molar-refractivity contribution in [3.05, 3.63) is 60.2 Å². The van der Waals surface area contributed by atoms with Crippen LogP contribution in [-0.4, -0.2) is 29.9 Å². The molecule has 0 aromatic heterocycles. The fourth-order valence-electron chi connectivity index (χ4n) is 3.43. The van der Waals surface area contributed by atoms with Gasteiger partial charge in [0.2, 0.25) is 5.91 Å². The maximum Gasteiger partial charge on any atom is 0.321 e. The smallest absolute Gasteiger partial charge is 0.321 e. The van der Waals surface area contributed by atoms with Crippen LogP contribution in [0.5, 0.6) is 0 Å². The molecule has 5 nitrogen and oxygen atoms in total. The second kappa shape index (κ2) is 8.71. The molecule has 1 aliphatic rings. The Morgan fingerprint density at radius 2 is 1.52 bits per heavy atom. The quantitative estimate of drug-likeness (QED) is 0.837. The number of piperidine rings is 1. The molecule has 1 aliphatic heterocycles. The molecule has 1 heterocycles. The number of urea groups is 1. The lowest BCUT2D eigenvalue weighted by atomic mass is 9.85. The van der Waals surface area contributed by atoms with Crippen molar-refractivity contribution < 1.29 is 9.59 Å². The Hall–Kier alpha value is -2.82. The number of hydrogen-bond donors (Lipinski definition) is 2. The number of carbonyl (C=O) groups excluding carboxylic acids is 2. The second-order valence-corrected chi connectivity index (χ2v) is 7.26. The SMILES string of the molecule is Cc1ccc(NC(=O)[C@@H](C)C2CCN(C(=O)Nc3ccccc3)CC2)cc1. The summed E-state index contributed by atoms with van der Waals surface area (Å²) in [6.07, 6.45) is 1.68. The average molecular weight is 365 g/mol. The lowest BCUT2D eigenvalue weighted by molar-refractivity contribution is -0.121. The molecule has 1 fully saturated rings. The van der Waals surface area contributed by atoms with Gasteiger partial charge in [-0.1, -0.05) is 42.8 Å². The molecule has 5 heteroatoms. The van der Waals surface area contributed by atoms with Gasteiger partial charge in [0.15, 0.2) is 0 Å². The summed E-state index contributed by atoms with van der Waals surface area (Å²) in [4.78, 5) is 26.8. The van der Waals surface area contributed by atoms with Gasteiger partial charge in [0.1, 0.15) is 0 Å². The predicted molar refractivity (Wildman–Crippen MR) is 109 cm³/mol. The molecule has 1 saturated heterocycles. The topological polar surface area (TPSA) is 61.4 Å². The van der Waals surface area contributed by atoms with E-state index in [-0.39, 0.29) is 23.8 Å². The Bertz CT molecular complexity index is 766. The van der Waals surface area contributed by atoms with E-state index in [0.717, 1.165) is 24.2 Å². The van der Waals surface area contributed by atoms with Crippen molar-refractivity contribution in [2.24, 2.45) is 11.8 Å². The van der Waals surface area contributed by atoms with Crippen molar-refractivity contribution in [2.75, 3.05) is 23.7 Å². The van der Waals surface area contributed by atoms with Gasteiger partial charge in [-0.25, -0.2) is 4.79 Å². The molecule has 3 amide bonds. The van der Waals surface area contributed by atoms with E-state index >= 15 is 0 Å². The molecule has 0 aliphatic carbocycles. The van der Waals surface area contributed by atoms with Crippen LogP contribution in [0.15, 0.2) is 54.6 Å².